The minimum absolute atomic E-state index is 0.0756. The summed E-state index contributed by atoms with van der Waals surface area (Å²) >= 11 is 0. The number of benzene rings is 1. The summed E-state index contributed by atoms with van der Waals surface area (Å²) in [5.74, 6) is -1.32. The largest absolute Gasteiger partial charge is 0.477 e. The molecule has 1 atom stereocenters. The zero-order chi connectivity index (χ0) is 21.3. The summed E-state index contributed by atoms with van der Waals surface area (Å²) in [7, 11) is 0. The smallest absolute Gasteiger partial charge is 0.341 e. The predicted molar refractivity (Wildman–Crippen MR) is 109 cm³/mol. The number of hydrogen-bond donors (Lipinski definition) is 1. The van der Waals surface area contributed by atoms with Gasteiger partial charge in [-0.2, -0.15) is 0 Å². The van der Waals surface area contributed by atoms with Gasteiger partial charge in [0.25, 0.3) is 5.56 Å². The number of carboxylic acids is 1. The number of carboxylic acid groups (broad SMARTS) is 1. The van der Waals surface area contributed by atoms with Crippen molar-refractivity contribution in [2.45, 2.75) is 32.5 Å². The van der Waals surface area contributed by atoms with Gasteiger partial charge in [0.1, 0.15) is 5.56 Å². The first-order valence-electron chi connectivity index (χ1n) is 9.72. The second-order valence-corrected chi connectivity index (χ2v) is 7.40. The third-order valence-corrected chi connectivity index (χ3v) is 5.55. The molecule has 154 valence electrons. The number of nitrogens with zero attached hydrogens (tertiary/aromatic N) is 4. The van der Waals surface area contributed by atoms with Gasteiger partial charge in [-0.15, -0.1) is 0 Å². The van der Waals surface area contributed by atoms with Crippen LogP contribution in [0.4, 0.5) is 0 Å². The van der Waals surface area contributed by atoms with Crippen LogP contribution in [0.5, 0.6) is 0 Å². The summed E-state index contributed by atoms with van der Waals surface area (Å²) < 4.78 is 3.34. The second-order valence-electron chi connectivity index (χ2n) is 7.40. The average molecular weight is 406 g/mol. The Bertz CT molecular complexity index is 1140. The minimum atomic E-state index is -1.24. The molecule has 1 N–H and O–H groups in total. The van der Waals surface area contributed by atoms with Gasteiger partial charge < -0.3 is 19.1 Å². The molecule has 30 heavy (non-hydrogen) atoms. The van der Waals surface area contributed by atoms with E-state index in [0.717, 1.165) is 5.56 Å². The zero-order valence-electron chi connectivity index (χ0n) is 16.6. The maximum atomic E-state index is 13.3. The zero-order valence-corrected chi connectivity index (χ0v) is 16.6. The monoisotopic (exact) mass is 406 g/mol. The van der Waals surface area contributed by atoms with Crippen molar-refractivity contribution < 1.29 is 14.7 Å². The quantitative estimate of drug-likeness (QED) is 0.698. The molecule has 1 unspecified atom stereocenters. The van der Waals surface area contributed by atoms with Gasteiger partial charge in [-0.3, -0.25) is 9.59 Å². The number of aromatic nitrogens is 3. The van der Waals surface area contributed by atoms with Crippen molar-refractivity contribution >= 4 is 11.9 Å². The summed E-state index contributed by atoms with van der Waals surface area (Å²) in [6.07, 6.45) is 7.19. The lowest BCUT2D eigenvalue weighted by Gasteiger charge is -2.30. The topological polar surface area (TPSA) is 97.4 Å². The lowest BCUT2D eigenvalue weighted by Crippen LogP contribution is -2.40. The Morgan fingerprint density at radius 3 is 2.63 bits per heavy atom. The molecule has 1 aliphatic heterocycles. The fourth-order valence-corrected chi connectivity index (χ4v) is 4.02. The van der Waals surface area contributed by atoms with Gasteiger partial charge in [-0.25, -0.2) is 9.78 Å². The Labute approximate surface area is 173 Å². The molecule has 4 rings (SSSR count). The molecule has 0 spiro atoms. The minimum Gasteiger partial charge on any atom is -0.477 e. The van der Waals surface area contributed by atoms with Crippen molar-refractivity contribution in [3.63, 3.8) is 0 Å². The number of rotatable bonds is 5. The van der Waals surface area contributed by atoms with E-state index in [0.29, 0.717) is 30.6 Å². The summed E-state index contributed by atoms with van der Waals surface area (Å²) in [5, 5.41) is 9.82. The Hall–Kier alpha value is -3.68. The molecule has 0 aliphatic carbocycles. The number of aromatic carboxylic acids is 1. The standard InChI is InChI=1S/C22H22N4O4/c1-15(27)25-9-7-18-17(11-25)12-26(21(28)20(18)22(29)30)19(13-24-10-8-23-14-24)16-5-3-2-4-6-16/h2-6,8,10,12,14,19H,7,9,11,13H2,1H3,(H,29,30). The highest BCUT2D eigenvalue weighted by Crippen LogP contribution is 2.25. The Kier molecular flexibility index (Phi) is 5.22. The van der Waals surface area contributed by atoms with Crippen LogP contribution in [0.2, 0.25) is 0 Å². The summed E-state index contributed by atoms with van der Waals surface area (Å²) in [4.78, 5) is 43.0. The van der Waals surface area contributed by atoms with Gasteiger partial charge in [-0.05, 0) is 23.1 Å². The van der Waals surface area contributed by atoms with Crippen LogP contribution < -0.4 is 5.56 Å². The van der Waals surface area contributed by atoms with Gasteiger partial charge in [0, 0.05) is 45.1 Å². The van der Waals surface area contributed by atoms with Crippen LogP contribution in [0, 0.1) is 0 Å². The van der Waals surface area contributed by atoms with Crippen LogP contribution in [0.1, 0.15) is 40.0 Å². The molecule has 1 amide bonds. The predicted octanol–water partition coefficient (Wildman–Crippen LogP) is 1.94. The number of pyridine rings is 1. The normalized spacial score (nSPS) is 14.2. The van der Waals surface area contributed by atoms with Crippen molar-refractivity contribution in [3.05, 3.63) is 87.9 Å². The van der Waals surface area contributed by atoms with E-state index in [9.17, 15) is 19.5 Å². The fourth-order valence-electron chi connectivity index (χ4n) is 4.02. The van der Waals surface area contributed by atoms with Gasteiger partial charge in [0.2, 0.25) is 5.91 Å². The van der Waals surface area contributed by atoms with Crippen molar-refractivity contribution in [3.8, 4) is 0 Å². The van der Waals surface area contributed by atoms with Gasteiger partial charge in [0.05, 0.1) is 12.4 Å². The highest BCUT2D eigenvalue weighted by atomic mass is 16.4. The third kappa shape index (κ3) is 3.63. The highest BCUT2D eigenvalue weighted by Gasteiger charge is 2.29. The maximum Gasteiger partial charge on any atom is 0.341 e. The van der Waals surface area contributed by atoms with Crippen LogP contribution in [0.3, 0.4) is 0 Å². The van der Waals surface area contributed by atoms with E-state index in [-0.39, 0.29) is 18.0 Å². The second kappa shape index (κ2) is 7.98. The first kappa shape index (κ1) is 19.6. The molecule has 8 nitrogen and oxygen atoms in total. The molecule has 8 heteroatoms. The molecule has 3 aromatic rings. The average Bonchev–Trinajstić information content (AvgIpc) is 3.25. The number of carbonyl (C=O) groups excluding carboxylic acids is 1. The van der Waals surface area contributed by atoms with E-state index in [1.165, 1.54) is 11.5 Å². The molecule has 0 saturated heterocycles. The summed E-state index contributed by atoms with van der Waals surface area (Å²) in [6, 6.07) is 9.06. The molecule has 0 saturated carbocycles. The van der Waals surface area contributed by atoms with E-state index >= 15 is 0 Å². The van der Waals surface area contributed by atoms with Gasteiger partial charge in [-0.1, -0.05) is 30.3 Å². The van der Waals surface area contributed by atoms with Crippen molar-refractivity contribution in [2.24, 2.45) is 0 Å². The lowest BCUT2D eigenvalue weighted by molar-refractivity contribution is -0.129. The fraction of sp³-hybridized carbons (Fsp3) is 0.273. The Morgan fingerprint density at radius 1 is 1.23 bits per heavy atom. The van der Waals surface area contributed by atoms with Crippen LogP contribution in [-0.2, 0) is 24.3 Å². The van der Waals surface area contributed by atoms with Crippen LogP contribution in [-0.4, -0.2) is 42.5 Å². The molecule has 1 aliphatic rings. The van der Waals surface area contributed by atoms with E-state index in [2.05, 4.69) is 4.98 Å². The Balaban J connectivity index is 1.89. The molecular formula is C22H22N4O4. The molecule has 3 heterocycles. The van der Waals surface area contributed by atoms with Crippen molar-refractivity contribution in [2.75, 3.05) is 6.54 Å². The van der Waals surface area contributed by atoms with Gasteiger partial charge in [0.15, 0.2) is 0 Å². The number of hydrogen-bond acceptors (Lipinski definition) is 4. The van der Waals surface area contributed by atoms with E-state index in [1.807, 2.05) is 34.9 Å². The molecule has 2 aromatic heterocycles. The van der Waals surface area contributed by atoms with Crippen LogP contribution in [0.15, 0.2) is 60.0 Å². The highest BCUT2D eigenvalue weighted by molar-refractivity contribution is 5.89. The SMILES string of the molecule is CC(=O)N1CCc2c(cn(C(Cn3ccnc3)c3ccccc3)c(=O)c2C(=O)O)C1. The molecule has 0 radical (unpaired) electrons. The van der Waals surface area contributed by atoms with Crippen molar-refractivity contribution in [1.29, 1.82) is 0 Å². The first-order valence-corrected chi connectivity index (χ1v) is 9.72. The van der Waals surface area contributed by atoms with E-state index in [4.69, 9.17) is 0 Å². The molecule has 0 fully saturated rings. The first-order chi connectivity index (χ1) is 14.5. The maximum absolute atomic E-state index is 13.3. The van der Waals surface area contributed by atoms with E-state index in [1.54, 1.807) is 29.8 Å². The number of imidazole rings is 1. The van der Waals surface area contributed by atoms with Crippen LogP contribution in [0.25, 0.3) is 0 Å². The summed E-state index contributed by atoms with van der Waals surface area (Å²) in [6.45, 7) is 2.60. The number of fused-ring (bicyclic) bond motifs is 1. The molecule has 1 aromatic carbocycles. The molecular weight excluding hydrogens is 384 g/mol. The summed E-state index contributed by atoms with van der Waals surface area (Å²) in [5.41, 5.74) is 1.35. The lowest BCUT2D eigenvalue weighted by atomic mass is 9.95. The Morgan fingerprint density at radius 2 is 2.00 bits per heavy atom. The van der Waals surface area contributed by atoms with Crippen LogP contribution >= 0.6 is 0 Å². The number of carbonyl (C=O) groups is 2. The molecule has 0 bridgehead atoms. The van der Waals surface area contributed by atoms with E-state index < -0.39 is 17.6 Å². The van der Waals surface area contributed by atoms with Crippen molar-refractivity contribution in [1.82, 2.24) is 19.0 Å². The van der Waals surface area contributed by atoms with Gasteiger partial charge >= 0.3 is 5.97 Å². The number of amides is 1. The third-order valence-electron chi connectivity index (χ3n) is 5.55.